The van der Waals surface area contributed by atoms with Crippen LogP contribution in [0.2, 0.25) is 0 Å². The number of benzene rings is 1. The van der Waals surface area contributed by atoms with Crippen LogP contribution in [-0.4, -0.2) is 16.6 Å². The van der Waals surface area contributed by atoms with E-state index in [1.165, 1.54) is 11.3 Å². The van der Waals surface area contributed by atoms with E-state index < -0.39 is 6.10 Å². The Hall–Kier alpha value is -0.970. The fourth-order valence-corrected chi connectivity index (χ4v) is 2.10. The molecule has 0 fully saturated rings. The molecule has 2 aromatic rings. The van der Waals surface area contributed by atoms with Crippen LogP contribution in [0, 0.1) is 0 Å². The Morgan fingerprint density at radius 2 is 2.23 bits per heavy atom. The van der Waals surface area contributed by atoms with Crippen molar-refractivity contribution in [2.75, 3.05) is 6.54 Å². The normalized spacial score (nSPS) is 13.4. The van der Waals surface area contributed by atoms with E-state index in [9.17, 15) is 5.11 Å². The number of nitrogens with zero attached hydrogens (tertiary/aromatic N) is 1. The Morgan fingerprint density at radius 1 is 1.46 bits per heavy atom. The summed E-state index contributed by atoms with van der Waals surface area (Å²) in [5, 5.41) is 10.2. The van der Waals surface area contributed by atoms with Gasteiger partial charge in [-0.05, 0) is 12.1 Å². The molecule has 1 heterocycles. The first-order valence-electron chi connectivity index (χ1n) is 4.05. The number of rotatable bonds is 2. The molecule has 0 spiro atoms. The average Bonchev–Trinajstić information content (AvgIpc) is 2.59. The van der Waals surface area contributed by atoms with Gasteiger partial charge >= 0.3 is 0 Å². The first kappa shape index (κ1) is 8.62. The number of aromatic nitrogens is 1. The lowest BCUT2D eigenvalue weighted by molar-refractivity contribution is 0.186. The molecule has 0 aliphatic carbocycles. The largest absolute Gasteiger partial charge is 0.385 e. The van der Waals surface area contributed by atoms with Crippen LogP contribution < -0.4 is 5.73 Å². The molecular weight excluding hydrogens is 184 g/mol. The van der Waals surface area contributed by atoms with Gasteiger partial charge < -0.3 is 10.8 Å². The number of para-hydroxylation sites is 1. The van der Waals surface area contributed by atoms with Crippen LogP contribution in [-0.2, 0) is 0 Å². The summed E-state index contributed by atoms with van der Waals surface area (Å²) in [7, 11) is 0. The van der Waals surface area contributed by atoms with Gasteiger partial charge in [0.2, 0.25) is 0 Å². The molecule has 0 amide bonds. The Bertz CT molecular complexity index is 380. The Balaban J connectivity index is 2.49. The summed E-state index contributed by atoms with van der Waals surface area (Å²) in [6, 6.07) is 7.80. The Morgan fingerprint density at radius 3 is 2.92 bits per heavy atom. The molecule has 13 heavy (non-hydrogen) atoms. The zero-order valence-electron chi connectivity index (χ0n) is 6.97. The van der Waals surface area contributed by atoms with Crippen LogP contribution >= 0.6 is 11.3 Å². The summed E-state index contributed by atoms with van der Waals surface area (Å²) in [5.74, 6) is 0. The fourth-order valence-electron chi connectivity index (χ4n) is 1.13. The number of nitrogens with two attached hydrogens (primary N) is 1. The first-order chi connectivity index (χ1) is 6.31. The standard InChI is InChI=1S/C9H10N2OS/c10-5-7(12)9-11-6-3-1-2-4-8(6)13-9/h1-4,7,12H,5,10H2. The van der Waals surface area contributed by atoms with Crippen molar-refractivity contribution in [1.29, 1.82) is 0 Å². The van der Waals surface area contributed by atoms with E-state index in [1.807, 2.05) is 24.3 Å². The third kappa shape index (κ3) is 1.56. The van der Waals surface area contributed by atoms with Gasteiger partial charge in [-0.3, -0.25) is 0 Å². The molecule has 0 aliphatic heterocycles. The topological polar surface area (TPSA) is 59.1 Å². The highest BCUT2D eigenvalue weighted by Gasteiger charge is 2.10. The van der Waals surface area contributed by atoms with Gasteiger partial charge in [0.25, 0.3) is 0 Å². The summed E-state index contributed by atoms with van der Waals surface area (Å²) in [6.45, 7) is 0.222. The van der Waals surface area contributed by atoms with E-state index in [0.29, 0.717) is 5.01 Å². The highest BCUT2D eigenvalue weighted by atomic mass is 32.1. The van der Waals surface area contributed by atoms with Crippen LogP contribution in [0.15, 0.2) is 24.3 Å². The van der Waals surface area contributed by atoms with E-state index in [1.54, 1.807) is 0 Å². The molecule has 68 valence electrons. The zero-order valence-corrected chi connectivity index (χ0v) is 7.79. The van der Waals surface area contributed by atoms with Crippen LogP contribution in [0.3, 0.4) is 0 Å². The molecule has 0 aliphatic rings. The molecule has 0 saturated heterocycles. The monoisotopic (exact) mass is 194 g/mol. The minimum atomic E-state index is -0.627. The van der Waals surface area contributed by atoms with Gasteiger partial charge in [0, 0.05) is 6.54 Å². The van der Waals surface area contributed by atoms with Crippen LogP contribution in [0.25, 0.3) is 10.2 Å². The minimum absolute atomic E-state index is 0.222. The maximum atomic E-state index is 9.45. The predicted octanol–water partition coefficient (Wildman–Crippen LogP) is 1.29. The molecule has 4 heteroatoms. The van der Waals surface area contributed by atoms with Crippen molar-refractivity contribution in [3.8, 4) is 0 Å². The molecule has 0 saturated carbocycles. The van der Waals surface area contributed by atoms with Crippen molar-refractivity contribution < 1.29 is 5.11 Å². The first-order valence-corrected chi connectivity index (χ1v) is 4.86. The van der Waals surface area contributed by atoms with E-state index in [-0.39, 0.29) is 6.54 Å². The molecule has 3 N–H and O–H groups in total. The maximum absolute atomic E-state index is 9.45. The van der Waals surface area contributed by atoms with E-state index in [0.717, 1.165) is 10.2 Å². The molecule has 2 rings (SSSR count). The van der Waals surface area contributed by atoms with E-state index in [2.05, 4.69) is 4.98 Å². The summed E-state index contributed by atoms with van der Waals surface area (Å²) in [6.07, 6.45) is -0.627. The lowest BCUT2D eigenvalue weighted by Crippen LogP contribution is -2.10. The number of hydrogen-bond donors (Lipinski definition) is 2. The van der Waals surface area contributed by atoms with E-state index in [4.69, 9.17) is 5.73 Å². The van der Waals surface area contributed by atoms with Crippen molar-refractivity contribution in [3.63, 3.8) is 0 Å². The van der Waals surface area contributed by atoms with E-state index >= 15 is 0 Å². The highest BCUT2D eigenvalue weighted by molar-refractivity contribution is 7.18. The molecule has 0 bridgehead atoms. The van der Waals surface area contributed by atoms with Crippen molar-refractivity contribution in [3.05, 3.63) is 29.3 Å². The third-order valence-electron chi connectivity index (χ3n) is 1.82. The quantitative estimate of drug-likeness (QED) is 0.757. The second-order valence-corrected chi connectivity index (χ2v) is 3.83. The Kier molecular flexibility index (Phi) is 2.26. The molecular formula is C9H10N2OS. The smallest absolute Gasteiger partial charge is 0.124 e. The Labute approximate surface area is 79.8 Å². The van der Waals surface area contributed by atoms with Crippen molar-refractivity contribution in [2.24, 2.45) is 5.73 Å². The molecule has 1 atom stereocenters. The van der Waals surface area contributed by atoms with Gasteiger partial charge in [0.15, 0.2) is 0 Å². The van der Waals surface area contributed by atoms with Crippen molar-refractivity contribution >= 4 is 21.6 Å². The molecule has 0 radical (unpaired) electrons. The predicted molar refractivity (Wildman–Crippen MR) is 53.6 cm³/mol. The summed E-state index contributed by atoms with van der Waals surface area (Å²) in [5.41, 5.74) is 6.27. The number of hydrogen-bond acceptors (Lipinski definition) is 4. The second-order valence-electron chi connectivity index (χ2n) is 2.77. The summed E-state index contributed by atoms with van der Waals surface area (Å²) < 4.78 is 1.09. The van der Waals surface area contributed by atoms with Gasteiger partial charge in [0.05, 0.1) is 10.2 Å². The number of fused-ring (bicyclic) bond motifs is 1. The van der Waals surface area contributed by atoms with Gasteiger partial charge in [0.1, 0.15) is 11.1 Å². The van der Waals surface area contributed by atoms with Crippen molar-refractivity contribution in [1.82, 2.24) is 4.98 Å². The summed E-state index contributed by atoms with van der Waals surface area (Å²) in [4.78, 5) is 4.27. The van der Waals surface area contributed by atoms with Gasteiger partial charge in [-0.15, -0.1) is 11.3 Å². The average molecular weight is 194 g/mol. The van der Waals surface area contributed by atoms with Gasteiger partial charge in [-0.2, -0.15) is 0 Å². The third-order valence-corrected chi connectivity index (χ3v) is 2.96. The van der Waals surface area contributed by atoms with Crippen LogP contribution in [0.1, 0.15) is 11.1 Å². The molecule has 3 nitrogen and oxygen atoms in total. The van der Waals surface area contributed by atoms with Crippen molar-refractivity contribution in [2.45, 2.75) is 6.10 Å². The van der Waals surface area contributed by atoms with Gasteiger partial charge in [-0.1, -0.05) is 12.1 Å². The maximum Gasteiger partial charge on any atom is 0.124 e. The summed E-state index contributed by atoms with van der Waals surface area (Å²) >= 11 is 1.49. The lowest BCUT2D eigenvalue weighted by Gasteiger charge is -2.00. The number of thiazole rings is 1. The highest BCUT2D eigenvalue weighted by Crippen LogP contribution is 2.25. The van der Waals surface area contributed by atoms with Crippen LogP contribution in [0.5, 0.6) is 0 Å². The van der Waals surface area contributed by atoms with Crippen LogP contribution in [0.4, 0.5) is 0 Å². The zero-order chi connectivity index (χ0) is 9.26. The number of aliphatic hydroxyl groups is 1. The number of aliphatic hydroxyl groups excluding tert-OH is 1. The molecule has 1 unspecified atom stereocenters. The molecule has 1 aromatic carbocycles. The SMILES string of the molecule is NCC(O)c1nc2ccccc2s1. The van der Waals surface area contributed by atoms with Gasteiger partial charge in [-0.25, -0.2) is 4.98 Å². The minimum Gasteiger partial charge on any atom is -0.385 e. The molecule has 1 aromatic heterocycles. The second kappa shape index (κ2) is 3.41. The fraction of sp³-hybridized carbons (Fsp3) is 0.222. The lowest BCUT2D eigenvalue weighted by atomic mass is 10.3.